The topological polar surface area (TPSA) is 46.5 Å². The van der Waals surface area contributed by atoms with Crippen molar-refractivity contribution in [3.63, 3.8) is 0 Å². The van der Waals surface area contributed by atoms with Gasteiger partial charge in [0.15, 0.2) is 0 Å². The maximum Gasteiger partial charge on any atom is 0.303 e. The number of aliphatic carboxylic acids is 1. The van der Waals surface area contributed by atoms with Gasteiger partial charge in [0, 0.05) is 6.42 Å². The van der Waals surface area contributed by atoms with E-state index in [1.165, 1.54) is 0 Å². The van der Waals surface area contributed by atoms with Crippen LogP contribution in [0.25, 0.3) is 11.1 Å². The summed E-state index contributed by atoms with van der Waals surface area (Å²) in [6, 6.07) is 26.1. The van der Waals surface area contributed by atoms with Crippen molar-refractivity contribution in [2.75, 3.05) is 0 Å². The van der Waals surface area contributed by atoms with Crippen molar-refractivity contribution in [1.29, 1.82) is 0 Å². The standard InChI is InChI=1S/C22H20O3/c23-22(24)14-13-17-7-6-11-20(15-17)25-16-19-10-4-5-12-21(19)18-8-2-1-3-9-18/h1-12,15H,13-14,16H2,(H,23,24). The second kappa shape index (κ2) is 8.15. The second-order valence-electron chi connectivity index (χ2n) is 5.85. The Kier molecular flexibility index (Phi) is 5.47. The minimum absolute atomic E-state index is 0.125. The van der Waals surface area contributed by atoms with Crippen molar-refractivity contribution in [3.8, 4) is 16.9 Å². The Morgan fingerprint density at radius 1 is 0.880 bits per heavy atom. The van der Waals surface area contributed by atoms with E-state index >= 15 is 0 Å². The van der Waals surface area contributed by atoms with E-state index in [1.807, 2.05) is 54.6 Å². The van der Waals surface area contributed by atoms with Crippen molar-refractivity contribution in [2.45, 2.75) is 19.4 Å². The molecule has 25 heavy (non-hydrogen) atoms. The minimum atomic E-state index is -0.789. The van der Waals surface area contributed by atoms with Crippen LogP contribution in [0.3, 0.4) is 0 Å². The van der Waals surface area contributed by atoms with Gasteiger partial charge in [-0.05, 0) is 40.8 Å². The zero-order chi connectivity index (χ0) is 17.5. The molecular formula is C22H20O3. The molecule has 3 heteroatoms. The number of carboxylic acid groups (broad SMARTS) is 1. The molecule has 0 radical (unpaired) electrons. The SMILES string of the molecule is O=C(O)CCc1cccc(OCc2ccccc2-c2ccccc2)c1. The summed E-state index contributed by atoms with van der Waals surface area (Å²) in [5, 5.41) is 8.80. The van der Waals surface area contributed by atoms with Gasteiger partial charge in [-0.25, -0.2) is 0 Å². The maximum atomic E-state index is 10.7. The van der Waals surface area contributed by atoms with Crippen LogP contribution in [0.15, 0.2) is 78.9 Å². The fourth-order valence-electron chi connectivity index (χ4n) is 2.75. The molecular weight excluding hydrogens is 312 g/mol. The Bertz CT molecular complexity index is 841. The molecule has 0 heterocycles. The van der Waals surface area contributed by atoms with E-state index in [1.54, 1.807) is 0 Å². The average molecular weight is 332 g/mol. The molecule has 0 aliphatic rings. The Hall–Kier alpha value is -3.07. The molecule has 0 bridgehead atoms. The molecule has 3 aromatic rings. The lowest BCUT2D eigenvalue weighted by Gasteiger charge is -2.12. The molecule has 0 aromatic heterocycles. The van der Waals surface area contributed by atoms with Gasteiger partial charge in [-0.15, -0.1) is 0 Å². The number of ether oxygens (including phenoxy) is 1. The molecule has 3 nitrogen and oxygen atoms in total. The van der Waals surface area contributed by atoms with Gasteiger partial charge in [-0.2, -0.15) is 0 Å². The quantitative estimate of drug-likeness (QED) is 0.666. The minimum Gasteiger partial charge on any atom is -0.489 e. The molecule has 0 saturated heterocycles. The Morgan fingerprint density at radius 3 is 2.44 bits per heavy atom. The Balaban J connectivity index is 1.72. The number of hydrogen-bond donors (Lipinski definition) is 1. The molecule has 0 aliphatic heterocycles. The van der Waals surface area contributed by atoms with E-state index in [0.717, 1.165) is 28.0 Å². The predicted octanol–water partition coefficient (Wildman–Crippen LogP) is 4.95. The number of carboxylic acids is 1. The molecule has 0 saturated carbocycles. The number of benzene rings is 3. The van der Waals surface area contributed by atoms with Crippen LogP contribution in [-0.2, 0) is 17.8 Å². The third kappa shape index (κ3) is 4.70. The van der Waals surface area contributed by atoms with E-state index in [9.17, 15) is 4.79 Å². The van der Waals surface area contributed by atoms with Gasteiger partial charge in [-0.1, -0.05) is 66.7 Å². The van der Waals surface area contributed by atoms with Gasteiger partial charge in [0.05, 0.1) is 0 Å². The number of hydrogen-bond acceptors (Lipinski definition) is 2. The summed E-state index contributed by atoms with van der Waals surface area (Å²) in [6.07, 6.45) is 0.632. The molecule has 126 valence electrons. The van der Waals surface area contributed by atoms with Crippen LogP contribution in [0, 0.1) is 0 Å². The van der Waals surface area contributed by atoms with Gasteiger partial charge >= 0.3 is 5.97 Å². The third-order valence-corrected chi connectivity index (χ3v) is 4.02. The summed E-state index contributed by atoms with van der Waals surface area (Å²) in [4.78, 5) is 10.7. The van der Waals surface area contributed by atoms with Gasteiger partial charge in [0.25, 0.3) is 0 Å². The summed E-state index contributed by atoms with van der Waals surface area (Å²) >= 11 is 0. The average Bonchev–Trinajstić information content (AvgIpc) is 2.66. The fourth-order valence-corrected chi connectivity index (χ4v) is 2.75. The van der Waals surface area contributed by atoms with Gasteiger partial charge < -0.3 is 9.84 Å². The maximum absolute atomic E-state index is 10.7. The van der Waals surface area contributed by atoms with Crippen molar-refractivity contribution in [3.05, 3.63) is 90.0 Å². The highest BCUT2D eigenvalue weighted by molar-refractivity contribution is 5.67. The van der Waals surface area contributed by atoms with Crippen molar-refractivity contribution in [2.24, 2.45) is 0 Å². The van der Waals surface area contributed by atoms with E-state index in [2.05, 4.69) is 24.3 Å². The van der Waals surface area contributed by atoms with Crippen LogP contribution in [0.4, 0.5) is 0 Å². The van der Waals surface area contributed by atoms with Crippen LogP contribution in [0.5, 0.6) is 5.75 Å². The third-order valence-electron chi connectivity index (χ3n) is 4.02. The molecule has 0 fully saturated rings. The lowest BCUT2D eigenvalue weighted by atomic mass is 10.0. The fraction of sp³-hybridized carbons (Fsp3) is 0.136. The summed E-state index contributed by atoms with van der Waals surface area (Å²) in [5.74, 6) is -0.0335. The number of rotatable bonds is 7. The number of carbonyl (C=O) groups is 1. The normalized spacial score (nSPS) is 10.4. The molecule has 0 unspecified atom stereocenters. The van der Waals surface area contributed by atoms with Crippen LogP contribution < -0.4 is 4.74 Å². The van der Waals surface area contributed by atoms with Crippen LogP contribution >= 0.6 is 0 Å². The van der Waals surface area contributed by atoms with E-state index in [4.69, 9.17) is 9.84 Å². The lowest BCUT2D eigenvalue weighted by molar-refractivity contribution is -0.136. The molecule has 3 rings (SSSR count). The van der Waals surface area contributed by atoms with Crippen LogP contribution in [0.2, 0.25) is 0 Å². The van der Waals surface area contributed by atoms with Crippen molar-refractivity contribution >= 4 is 5.97 Å². The summed E-state index contributed by atoms with van der Waals surface area (Å²) < 4.78 is 5.95. The van der Waals surface area contributed by atoms with Crippen LogP contribution in [0.1, 0.15) is 17.5 Å². The zero-order valence-electron chi connectivity index (χ0n) is 13.9. The van der Waals surface area contributed by atoms with Crippen molar-refractivity contribution in [1.82, 2.24) is 0 Å². The highest BCUT2D eigenvalue weighted by Crippen LogP contribution is 2.25. The van der Waals surface area contributed by atoms with Crippen LogP contribution in [-0.4, -0.2) is 11.1 Å². The monoisotopic (exact) mass is 332 g/mol. The first-order valence-corrected chi connectivity index (χ1v) is 8.29. The zero-order valence-corrected chi connectivity index (χ0v) is 13.9. The molecule has 3 aromatic carbocycles. The predicted molar refractivity (Wildman–Crippen MR) is 98.6 cm³/mol. The first kappa shape index (κ1) is 16.8. The number of aryl methyl sites for hydroxylation is 1. The Labute approximate surface area is 147 Å². The smallest absolute Gasteiger partial charge is 0.303 e. The molecule has 0 spiro atoms. The lowest BCUT2D eigenvalue weighted by Crippen LogP contribution is -2.00. The van der Waals surface area contributed by atoms with Gasteiger partial charge in [-0.3, -0.25) is 4.79 Å². The van der Waals surface area contributed by atoms with E-state index < -0.39 is 5.97 Å². The molecule has 0 aliphatic carbocycles. The van der Waals surface area contributed by atoms with E-state index in [-0.39, 0.29) is 6.42 Å². The highest BCUT2D eigenvalue weighted by Gasteiger charge is 2.06. The molecule has 1 N–H and O–H groups in total. The second-order valence-corrected chi connectivity index (χ2v) is 5.85. The van der Waals surface area contributed by atoms with E-state index in [0.29, 0.717) is 13.0 Å². The van der Waals surface area contributed by atoms with Gasteiger partial charge in [0.1, 0.15) is 12.4 Å². The Morgan fingerprint density at radius 2 is 1.64 bits per heavy atom. The van der Waals surface area contributed by atoms with Gasteiger partial charge in [0.2, 0.25) is 0 Å². The first-order valence-electron chi connectivity index (χ1n) is 8.29. The van der Waals surface area contributed by atoms with Crippen molar-refractivity contribution < 1.29 is 14.6 Å². The molecule has 0 atom stereocenters. The molecule has 0 amide bonds. The summed E-state index contributed by atoms with van der Waals surface area (Å²) in [6.45, 7) is 0.466. The first-order chi connectivity index (χ1) is 12.2. The largest absolute Gasteiger partial charge is 0.489 e. The highest BCUT2D eigenvalue weighted by atomic mass is 16.5. The summed E-state index contributed by atoms with van der Waals surface area (Å²) in [5.41, 5.74) is 4.41. The summed E-state index contributed by atoms with van der Waals surface area (Å²) in [7, 11) is 0.